The van der Waals surface area contributed by atoms with E-state index in [1.807, 2.05) is 0 Å². The lowest BCUT2D eigenvalue weighted by Gasteiger charge is -2.37. The van der Waals surface area contributed by atoms with Crippen molar-refractivity contribution < 1.29 is 50.2 Å². The number of nitrogens with zero attached hydrogens (tertiary/aromatic N) is 2. The molecule has 1 fully saturated rings. The van der Waals surface area contributed by atoms with Gasteiger partial charge in [-0.3, -0.25) is 0 Å². The number of halogens is 3. The highest BCUT2D eigenvalue weighted by molar-refractivity contribution is 7.89. The van der Waals surface area contributed by atoms with Gasteiger partial charge in [0, 0.05) is 5.69 Å². The van der Waals surface area contributed by atoms with Crippen LogP contribution in [-0.2, 0) is 50.2 Å². The molecule has 2 aromatic carbocycles. The van der Waals surface area contributed by atoms with Crippen molar-refractivity contribution in [2.45, 2.75) is 35.0 Å². The number of alkyl halides is 3. The van der Waals surface area contributed by atoms with Crippen LogP contribution in [0.15, 0.2) is 69.7 Å². The van der Waals surface area contributed by atoms with Crippen LogP contribution in [0.2, 0.25) is 0 Å². The Morgan fingerprint density at radius 3 is 2.20 bits per heavy atom. The number of anilines is 1. The number of fused-ring (bicyclic) bond motifs is 1. The van der Waals surface area contributed by atoms with Gasteiger partial charge in [0.2, 0.25) is 0 Å². The normalized spacial score (nSPS) is 23.1. The molecule has 0 bridgehead atoms. The van der Waals surface area contributed by atoms with Crippen LogP contribution in [0.4, 0.5) is 18.9 Å². The van der Waals surface area contributed by atoms with Crippen molar-refractivity contribution in [3.05, 3.63) is 70.9 Å². The number of sulfonamides is 1. The number of para-hydroxylation sites is 1. The first-order valence-electron chi connectivity index (χ1n) is 12.0. The molecule has 1 N–H and O–H groups in total. The zero-order valence-electron chi connectivity index (χ0n) is 21.7. The van der Waals surface area contributed by atoms with Gasteiger partial charge in [-0.05, 0) is 42.3 Å². The van der Waals surface area contributed by atoms with Gasteiger partial charge < -0.3 is 19.5 Å². The number of aliphatic imine (C=N–C) groups is 1. The molecule has 216 valence electrons. The first kappa shape index (κ1) is 28.1. The summed E-state index contributed by atoms with van der Waals surface area (Å²) < 4.78 is 83.1. The SMILES string of the molecule is COC(=O)C1=C(C(=O)OC)[C@@H]2Nc3ccccc3[C@@]23C[C@@H](C(=O)OC)N(S(=O)(=O)c2ccc(C(F)(F)F)cc2)C3=N1. The number of hydrogen-bond acceptors (Lipinski definition) is 10. The van der Waals surface area contributed by atoms with Crippen molar-refractivity contribution in [3.8, 4) is 0 Å². The van der Waals surface area contributed by atoms with E-state index in [9.17, 15) is 36.0 Å². The molecule has 15 heteroatoms. The van der Waals surface area contributed by atoms with E-state index in [1.165, 1.54) is 0 Å². The van der Waals surface area contributed by atoms with Crippen molar-refractivity contribution in [1.82, 2.24) is 4.31 Å². The van der Waals surface area contributed by atoms with Crippen LogP contribution >= 0.6 is 0 Å². The minimum absolute atomic E-state index is 0.253. The summed E-state index contributed by atoms with van der Waals surface area (Å²) in [7, 11) is -1.64. The number of esters is 3. The molecule has 0 aromatic heterocycles. The third-order valence-electron chi connectivity index (χ3n) is 7.36. The van der Waals surface area contributed by atoms with Gasteiger partial charge in [0.05, 0.1) is 48.8 Å². The van der Waals surface area contributed by atoms with E-state index in [1.54, 1.807) is 24.3 Å². The predicted octanol–water partition coefficient (Wildman–Crippen LogP) is 2.39. The molecular weight excluding hydrogens is 571 g/mol. The van der Waals surface area contributed by atoms with Gasteiger partial charge in [0.25, 0.3) is 10.0 Å². The van der Waals surface area contributed by atoms with Crippen LogP contribution in [0.5, 0.6) is 0 Å². The maximum Gasteiger partial charge on any atom is 0.416 e. The summed E-state index contributed by atoms with van der Waals surface area (Å²) in [6, 6.07) is 6.65. The van der Waals surface area contributed by atoms with Crippen LogP contribution in [0.3, 0.4) is 0 Å². The van der Waals surface area contributed by atoms with Gasteiger partial charge in [0.1, 0.15) is 11.9 Å². The minimum Gasteiger partial charge on any atom is -0.467 e. The second kappa shape index (κ2) is 9.61. The molecule has 3 aliphatic heterocycles. The van der Waals surface area contributed by atoms with E-state index in [-0.39, 0.29) is 17.8 Å². The maximum atomic E-state index is 14.1. The molecule has 1 spiro atoms. The highest BCUT2D eigenvalue weighted by atomic mass is 32.2. The number of nitrogens with one attached hydrogen (secondary N) is 1. The first-order chi connectivity index (χ1) is 19.3. The number of methoxy groups -OCH3 is 3. The molecular formula is C26H22F3N3O8S. The van der Waals surface area contributed by atoms with Crippen molar-refractivity contribution in [2.24, 2.45) is 4.99 Å². The van der Waals surface area contributed by atoms with E-state index in [2.05, 4.69) is 10.3 Å². The maximum absolute atomic E-state index is 14.1. The third kappa shape index (κ3) is 4.05. The fourth-order valence-corrected chi connectivity index (χ4v) is 7.24. The van der Waals surface area contributed by atoms with Crippen LogP contribution < -0.4 is 5.32 Å². The number of hydrogen-bond donors (Lipinski definition) is 1. The molecule has 5 rings (SSSR count). The van der Waals surface area contributed by atoms with Crippen LogP contribution in [0.1, 0.15) is 17.5 Å². The second-order valence-electron chi connectivity index (χ2n) is 9.34. The van der Waals surface area contributed by atoms with E-state index in [0.29, 0.717) is 27.7 Å². The summed E-state index contributed by atoms with van der Waals surface area (Å²) in [6.45, 7) is 0. The topological polar surface area (TPSA) is 141 Å². The number of ether oxygens (including phenoxy) is 3. The van der Waals surface area contributed by atoms with Crippen LogP contribution in [-0.4, -0.2) is 69.9 Å². The summed E-state index contributed by atoms with van der Waals surface area (Å²) in [5.74, 6) is -3.34. The summed E-state index contributed by atoms with van der Waals surface area (Å²) in [5, 5.41) is 3.14. The summed E-state index contributed by atoms with van der Waals surface area (Å²) in [5.41, 5.74) is -2.48. The fraction of sp³-hybridized carbons (Fsp3) is 0.308. The molecule has 2 aromatic rings. The van der Waals surface area contributed by atoms with E-state index in [4.69, 9.17) is 14.2 Å². The molecule has 11 nitrogen and oxygen atoms in total. The molecule has 3 heterocycles. The molecule has 0 saturated carbocycles. The van der Waals surface area contributed by atoms with E-state index < -0.39 is 67.8 Å². The Labute approximate surface area is 231 Å². The molecule has 41 heavy (non-hydrogen) atoms. The molecule has 3 aliphatic rings. The number of rotatable bonds is 5. The number of amidine groups is 1. The monoisotopic (exact) mass is 593 g/mol. The standard InChI is InChI=1S/C26H22F3N3O8S/c1-38-21(33)17-12-25-15-6-4-5-7-16(15)30-20(25)18(22(34)39-2)19(23(35)40-3)31-24(25)32(17)41(36,37)14-10-8-13(9-11-14)26(27,28)29/h4-11,17,20,30H,12H2,1-3H3/t17-,20-,25-/m0/s1. The number of carbonyl (C=O) groups excluding carboxylic acids is 3. The minimum atomic E-state index is -4.81. The van der Waals surface area contributed by atoms with Gasteiger partial charge in [-0.15, -0.1) is 0 Å². The van der Waals surface area contributed by atoms with Crippen molar-refractivity contribution in [2.75, 3.05) is 26.6 Å². The lowest BCUT2D eigenvalue weighted by molar-refractivity contribution is -0.144. The van der Waals surface area contributed by atoms with Gasteiger partial charge in [0.15, 0.2) is 5.70 Å². The van der Waals surface area contributed by atoms with Crippen LogP contribution in [0.25, 0.3) is 0 Å². The Balaban J connectivity index is 1.81. The van der Waals surface area contributed by atoms with Crippen LogP contribution in [0, 0.1) is 0 Å². The zero-order chi connectivity index (χ0) is 29.9. The highest BCUT2D eigenvalue weighted by Crippen LogP contribution is 2.56. The van der Waals surface area contributed by atoms with Gasteiger partial charge >= 0.3 is 24.1 Å². The van der Waals surface area contributed by atoms with Crippen molar-refractivity contribution in [3.63, 3.8) is 0 Å². The highest BCUT2D eigenvalue weighted by Gasteiger charge is 2.67. The summed E-state index contributed by atoms with van der Waals surface area (Å²) in [6.07, 6.45) is -5.01. The van der Waals surface area contributed by atoms with Crippen molar-refractivity contribution >= 4 is 39.5 Å². The lowest BCUT2D eigenvalue weighted by Crippen LogP contribution is -2.52. The summed E-state index contributed by atoms with van der Waals surface area (Å²) in [4.78, 5) is 42.8. The zero-order valence-corrected chi connectivity index (χ0v) is 22.5. The third-order valence-corrected chi connectivity index (χ3v) is 9.18. The quantitative estimate of drug-likeness (QED) is 0.409. The van der Waals surface area contributed by atoms with Gasteiger partial charge in [-0.25, -0.2) is 32.1 Å². The summed E-state index contributed by atoms with van der Waals surface area (Å²) >= 11 is 0. The van der Waals surface area contributed by atoms with E-state index >= 15 is 0 Å². The lowest BCUT2D eigenvalue weighted by atomic mass is 9.70. The van der Waals surface area contributed by atoms with E-state index in [0.717, 1.165) is 33.5 Å². The average Bonchev–Trinajstić information content (AvgIpc) is 3.49. The molecule has 0 amide bonds. The Morgan fingerprint density at radius 1 is 0.976 bits per heavy atom. The smallest absolute Gasteiger partial charge is 0.416 e. The Hall–Kier alpha value is -4.40. The Bertz CT molecular complexity index is 1640. The Morgan fingerprint density at radius 2 is 1.61 bits per heavy atom. The average molecular weight is 594 g/mol. The molecule has 0 aliphatic carbocycles. The first-order valence-corrected chi connectivity index (χ1v) is 13.4. The largest absolute Gasteiger partial charge is 0.467 e. The molecule has 1 saturated heterocycles. The number of carbonyl (C=O) groups is 3. The second-order valence-corrected chi connectivity index (χ2v) is 11.2. The predicted molar refractivity (Wildman–Crippen MR) is 135 cm³/mol. The number of benzene rings is 2. The molecule has 3 atom stereocenters. The fourth-order valence-electron chi connectivity index (χ4n) is 5.61. The molecule has 0 radical (unpaired) electrons. The van der Waals surface area contributed by atoms with Gasteiger partial charge in [-0.2, -0.15) is 13.2 Å². The molecule has 0 unspecified atom stereocenters. The van der Waals surface area contributed by atoms with Crippen molar-refractivity contribution in [1.29, 1.82) is 0 Å². The van der Waals surface area contributed by atoms with Gasteiger partial charge in [-0.1, -0.05) is 18.2 Å². The Kier molecular flexibility index (Phi) is 6.59.